The van der Waals surface area contributed by atoms with Crippen molar-refractivity contribution in [1.29, 1.82) is 0 Å². The molecule has 0 saturated carbocycles. The zero-order chi connectivity index (χ0) is 13.5. The summed E-state index contributed by atoms with van der Waals surface area (Å²) in [5.74, 6) is 0. The van der Waals surface area contributed by atoms with E-state index in [0.29, 0.717) is 0 Å². The van der Waals surface area contributed by atoms with Gasteiger partial charge in [-0.3, -0.25) is 0 Å². The topological polar surface area (TPSA) is 69.2 Å². The maximum atomic E-state index is 10.1. The molecule has 0 aromatic heterocycles. The Bertz CT molecular complexity index is 96.8. The van der Waals surface area contributed by atoms with E-state index in [1.807, 2.05) is 0 Å². The molecule has 0 N–H and O–H groups in total. The minimum Gasteiger partial charge on any atom is -0.850 e. The minimum atomic E-state index is -0.750. The number of hydrogen-bond acceptors (Lipinski definition) is 3. The van der Waals surface area contributed by atoms with Crippen LogP contribution in [0.3, 0.4) is 0 Å². The van der Waals surface area contributed by atoms with Crippen LogP contribution in [0, 0.1) is 0 Å². The van der Waals surface area contributed by atoms with Crippen LogP contribution in [0.25, 0.3) is 0 Å². The smallest absolute Gasteiger partial charge is 0.850 e. The molecule has 0 aliphatic carbocycles. The first-order chi connectivity index (χ1) is 6.00. The minimum absolute atomic E-state index is 0. The summed E-state index contributed by atoms with van der Waals surface area (Å²) in [7, 11) is 0. The summed E-state index contributed by atoms with van der Waals surface area (Å²) in [4.78, 5) is 0. The van der Waals surface area contributed by atoms with Crippen molar-refractivity contribution in [2.45, 2.75) is 79.1 Å². The van der Waals surface area contributed by atoms with E-state index in [4.69, 9.17) is 0 Å². The van der Waals surface area contributed by atoms with Crippen molar-refractivity contribution in [2.24, 2.45) is 0 Å². The Morgan fingerprint density at radius 3 is 0.471 bits per heavy atom. The maximum absolute atomic E-state index is 10.1. The third kappa shape index (κ3) is 1460. The van der Waals surface area contributed by atoms with Crippen LogP contribution in [0.4, 0.5) is 0 Å². The second kappa shape index (κ2) is 12.8. The first-order valence-electron chi connectivity index (χ1n) is 5.11. The second-order valence-electron chi connectivity index (χ2n) is 6.34. The van der Waals surface area contributed by atoms with Gasteiger partial charge in [0.2, 0.25) is 0 Å². The fraction of sp³-hybridized carbons (Fsp3) is 1.00. The second-order valence-corrected chi connectivity index (χ2v) is 6.34. The number of hydrogen-bond donors (Lipinski definition) is 0. The average Bonchev–Trinajstić information content (AvgIpc) is 1.41. The van der Waals surface area contributed by atoms with Gasteiger partial charge >= 0.3 is 56.6 Å². The third-order valence-corrected chi connectivity index (χ3v) is 0. The molecule has 0 spiro atoms. The van der Waals surface area contributed by atoms with E-state index >= 15 is 0 Å². The van der Waals surface area contributed by atoms with Crippen LogP contribution < -0.4 is 34.2 Å². The fourth-order valence-electron chi connectivity index (χ4n) is 0. The first kappa shape index (κ1) is 31.2. The molecule has 0 bridgehead atoms. The molecule has 0 aliphatic rings. The molecule has 0 aromatic carbocycles. The van der Waals surface area contributed by atoms with Gasteiger partial charge in [0.1, 0.15) is 0 Å². The number of rotatable bonds is 0. The van der Waals surface area contributed by atoms with Gasteiger partial charge in [-0.2, -0.15) is 0 Å². The Hall–Kier alpha value is 1.74. The molecule has 0 aromatic rings. The summed E-state index contributed by atoms with van der Waals surface area (Å²) in [6.07, 6.45) is 0. The average molecular weight is 266 g/mol. The monoisotopic (exact) mass is 266 g/mol. The molecular formula is C12H27CaLiO3. The van der Waals surface area contributed by atoms with Crippen LogP contribution in [-0.4, -0.2) is 54.5 Å². The molecule has 0 radical (unpaired) electrons. The first-order valence-corrected chi connectivity index (χ1v) is 5.11. The van der Waals surface area contributed by atoms with Gasteiger partial charge in [0.15, 0.2) is 0 Å². The predicted molar refractivity (Wildman–Crippen MR) is 65.0 cm³/mol. The molecule has 0 saturated heterocycles. The van der Waals surface area contributed by atoms with Gasteiger partial charge in [-0.1, -0.05) is 62.3 Å². The molecule has 0 unspecified atom stereocenters. The largest absolute Gasteiger partial charge is 2.00 e. The molecule has 0 heterocycles. The summed E-state index contributed by atoms with van der Waals surface area (Å²) in [6.45, 7) is 14.7. The molecule has 3 nitrogen and oxygen atoms in total. The van der Waals surface area contributed by atoms with E-state index in [-0.39, 0.29) is 56.6 Å². The van der Waals surface area contributed by atoms with E-state index in [2.05, 4.69) is 0 Å². The van der Waals surface area contributed by atoms with Gasteiger partial charge in [-0.05, 0) is 0 Å². The summed E-state index contributed by atoms with van der Waals surface area (Å²) >= 11 is 0. The van der Waals surface area contributed by atoms with Crippen molar-refractivity contribution in [2.75, 3.05) is 0 Å². The Kier molecular flexibility index (Phi) is 23.4. The van der Waals surface area contributed by atoms with Crippen molar-refractivity contribution in [3.8, 4) is 0 Å². The predicted octanol–water partition coefficient (Wildman–Crippen LogP) is -2.94. The van der Waals surface area contributed by atoms with E-state index in [9.17, 15) is 15.3 Å². The molecule has 0 amide bonds. The van der Waals surface area contributed by atoms with Crippen molar-refractivity contribution in [3.05, 3.63) is 0 Å². The van der Waals surface area contributed by atoms with Crippen LogP contribution in [0.1, 0.15) is 62.3 Å². The molecule has 17 heavy (non-hydrogen) atoms. The van der Waals surface area contributed by atoms with Gasteiger partial charge in [-0.15, -0.1) is 16.8 Å². The van der Waals surface area contributed by atoms with Gasteiger partial charge in [0.25, 0.3) is 0 Å². The molecule has 96 valence electrons. The van der Waals surface area contributed by atoms with Crippen molar-refractivity contribution in [3.63, 3.8) is 0 Å². The van der Waals surface area contributed by atoms with E-state index in [1.54, 1.807) is 62.3 Å². The Balaban J connectivity index is -0.0000000400. The van der Waals surface area contributed by atoms with Gasteiger partial charge in [0, 0.05) is 0 Å². The van der Waals surface area contributed by atoms with Crippen LogP contribution in [0.15, 0.2) is 0 Å². The standard InChI is InChI=1S/3C4H9O.Ca.Li/c3*1-4(2,3)5;;/h3*1-3H3;;/q3*-1;+2;+1. The van der Waals surface area contributed by atoms with Gasteiger partial charge < -0.3 is 15.3 Å². The Labute approximate surface area is 150 Å². The van der Waals surface area contributed by atoms with Crippen molar-refractivity contribution in [1.82, 2.24) is 0 Å². The third-order valence-electron chi connectivity index (χ3n) is 0. The molecule has 0 fully saturated rings. The van der Waals surface area contributed by atoms with Crippen molar-refractivity contribution >= 4 is 37.7 Å². The molecule has 0 rings (SSSR count). The fourth-order valence-corrected chi connectivity index (χ4v) is 0. The zero-order valence-electron chi connectivity index (χ0n) is 13.4. The van der Waals surface area contributed by atoms with E-state index < -0.39 is 16.8 Å². The quantitative estimate of drug-likeness (QED) is 0.441. The Morgan fingerprint density at radius 2 is 0.471 bits per heavy atom. The summed E-state index contributed by atoms with van der Waals surface area (Å²) < 4.78 is 0. The summed E-state index contributed by atoms with van der Waals surface area (Å²) in [6, 6.07) is 0. The van der Waals surface area contributed by atoms with Crippen molar-refractivity contribution < 1.29 is 34.2 Å². The normalized spacial score (nSPS) is 10.6. The van der Waals surface area contributed by atoms with Crippen LogP contribution >= 0.6 is 0 Å². The zero-order valence-corrected chi connectivity index (χ0v) is 15.6. The summed E-state index contributed by atoms with van der Waals surface area (Å²) in [5.41, 5.74) is -2.25. The molecule has 0 atom stereocenters. The SMILES string of the molecule is CC(C)(C)[O-].CC(C)(C)[O-].CC(C)(C)[O-].[Ca+2].[Li+]. The molecular weight excluding hydrogens is 239 g/mol. The van der Waals surface area contributed by atoms with E-state index in [0.717, 1.165) is 0 Å². The van der Waals surface area contributed by atoms with Gasteiger partial charge in [-0.25, -0.2) is 0 Å². The molecule has 5 heteroatoms. The molecule has 0 aliphatic heterocycles. The van der Waals surface area contributed by atoms with Crippen LogP contribution in [-0.2, 0) is 0 Å². The van der Waals surface area contributed by atoms with Crippen LogP contribution in [0.5, 0.6) is 0 Å². The maximum Gasteiger partial charge on any atom is 2.00 e. The Morgan fingerprint density at radius 1 is 0.471 bits per heavy atom. The van der Waals surface area contributed by atoms with Gasteiger partial charge in [0.05, 0.1) is 0 Å². The van der Waals surface area contributed by atoms with Crippen LogP contribution in [0.2, 0.25) is 0 Å². The summed E-state index contributed by atoms with van der Waals surface area (Å²) in [5, 5.41) is 30.3. The van der Waals surface area contributed by atoms with E-state index in [1.165, 1.54) is 0 Å².